The molecule has 2 heteroatoms. The number of nitrogens with one attached hydrogen (secondary N) is 1. The molecule has 0 saturated heterocycles. The van der Waals surface area contributed by atoms with Crippen molar-refractivity contribution in [3.8, 4) is 0 Å². The van der Waals surface area contributed by atoms with Crippen molar-refractivity contribution >= 4 is 5.91 Å². The highest BCUT2D eigenvalue weighted by molar-refractivity contribution is 5.84. The summed E-state index contributed by atoms with van der Waals surface area (Å²) in [6.07, 6.45) is 1.06. The minimum atomic E-state index is -0.206. The van der Waals surface area contributed by atoms with Crippen molar-refractivity contribution < 1.29 is 4.79 Å². The second-order valence-corrected chi connectivity index (χ2v) is 7.82. The van der Waals surface area contributed by atoms with Crippen LogP contribution in [0.4, 0.5) is 0 Å². The molecule has 144 valence electrons. The third-order valence-corrected chi connectivity index (χ3v) is 5.07. The average Bonchev–Trinajstić information content (AvgIpc) is 2.72. The average molecular weight is 372 g/mol. The molecule has 2 nitrogen and oxygen atoms in total. The zero-order valence-corrected chi connectivity index (χ0v) is 16.9. The number of benzene rings is 3. The number of hydrogen-bond acceptors (Lipinski definition) is 1. The van der Waals surface area contributed by atoms with E-state index in [1.54, 1.807) is 0 Å². The van der Waals surface area contributed by atoms with Gasteiger partial charge in [0.25, 0.3) is 0 Å². The van der Waals surface area contributed by atoms with Crippen LogP contribution in [-0.2, 0) is 11.2 Å². The molecule has 1 amide bonds. The lowest BCUT2D eigenvalue weighted by molar-refractivity contribution is -0.122. The molecule has 3 aromatic rings. The molecule has 0 aliphatic rings. The Bertz CT molecular complexity index is 830. The van der Waals surface area contributed by atoms with Gasteiger partial charge >= 0.3 is 0 Å². The van der Waals surface area contributed by atoms with Crippen molar-refractivity contribution in [2.75, 3.05) is 0 Å². The summed E-state index contributed by atoms with van der Waals surface area (Å²) in [5, 5.41) is 3.26. The van der Waals surface area contributed by atoms with Crippen molar-refractivity contribution in [3.05, 3.63) is 107 Å². The first-order valence-corrected chi connectivity index (χ1v) is 10.0. The van der Waals surface area contributed by atoms with E-state index in [9.17, 15) is 4.79 Å². The van der Waals surface area contributed by atoms with E-state index in [4.69, 9.17) is 0 Å². The van der Waals surface area contributed by atoms with Crippen LogP contribution in [0.1, 0.15) is 55.0 Å². The summed E-state index contributed by atoms with van der Waals surface area (Å²) >= 11 is 0. The normalized spacial score (nSPS) is 12.2. The first-order valence-electron chi connectivity index (χ1n) is 10.0. The Hall–Kier alpha value is -2.87. The molecule has 0 aromatic heterocycles. The van der Waals surface area contributed by atoms with E-state index in [0.717, 1.165) is 23.1 Å². The third-order valence-electron chi connectivity index (χ3n) is 5.07. The zero-order chi connectivity index (χ0) is 19.9. The predicted octanol–water partition coefficient (Wildman–Crippen LogP) is 5.89. The lowest BCUT2D eigenvalue weighted by Gasteiger charge is -2.22. The van der Waals surface area contributed by atoms with Gasteiger partial charge < -0.3 is 5.32 Å². The van der Waals surface area contributed by atoms with Crippen LogP contribution in [0.2, 0.25) is 0 Å². The molecule has 0 heterocycles. The molecule has 1 unspecified atom stereocenters. The quantitative estimate of drug-likeness (QED) is 0.551. The fourth-order valence-electron chi connectivity index (χ4n) is 3.48. The van der Waals surface area contributed by atoms with E-state index in [2.05, 4.69) is 67.7 Å². The molecule has 0 aliphatic carbocycles. The fraction of sp³-hybridized carbons (Fsp3) is 0.269. The smallest absolute Gasteiger partial charge is 0.228 e. The predicted molar refractivity (Wildman–Crippen MR) is 116 cm³/mol. The van der Waals surface area contributed by atoms with E-state index in [1.807, 2.05) is 43.3 Å². The van der Waals surface area contributed by atoms with E-state index in [-0.39, 0.29) is 17.9 Å². The van der Waals surface area contributed by atoms with Gasteiger partial charge in [0.2, 0.25) is 5.91 Å². The Kier molecular flexibility index (Phi) is 6.65. The molecule has 28 heavy (non-hydrogen) atoms. The monoisotopic (exact) mass is 371 g/mol. The number of rotatable bonds is 7. The standard InChI is InChI=1S/C26H29NO/c1-19(2)18-21-14-16-22(17-15-21)20(3)26(28)27-25(23-10-6-4-7-11-23)24-12-8-5-9-13-24/h4-17,19-20,25H,18H2,1-3H3,(H,27,28). The number of amides is 1. The Morgan fingerprint density at radius 2 is 1.21 bits per heavy atom. The van der Waals surface area contributed by atoms with E-state index >= 15 is 0 Å². The summed E-state index contributed by atoms with van der Waals surface area (Å²) < 4.78 is 0. The first kappa shape index (κ1) is 19.9. The van der Waals surface area contributed by atoms with Crippen LogP contribution < -0.4 is 5.32 Å². The summed E-state index contributed by atoms with van der Waals surface area (Å²) in [5.74, 6) is 0.460. The Morgan fingerprint density at radius 1 is 0.714 bits per heavy atom. The highest BCUT2D eigenvalue weighted by atomic mass is 16.1. The van der Waals surface area contributed by atoms with Gasteiger partial charge in [-0.25, -0.2) is 0 Å². The number of carbonyl (C=O) groups is 1. The van der Waals surface area contributed by atoms with Crippen LogP contribution in [0, 0.1) is 5.92 Å². The van der Waals surface area contributed by atoms with Gasteiger partial charge in [0, 0.05) is 0 Å². The zero-order valence-electron chi connectivity index (χ0n) is 16.9. The van der Waals surface area contributed by atoms with Gasteiger partial charge in [-0.05, 0) is 41.5 Å². The lowest BCUT2D eigenvalue weighted by Crippen LogP contribution is -2.32. The van der Waals surface area contributed by atoms with Gasteiger partial charge in [0.1, 0.15) is 0 Å². The maximum absolute atomic E-state index is 13.1. The van der Waals surface area contributed by atoms with Gasteiger partial charge in [-0.1, -0.05) is 98.8 Å². The van der Waals surface area contributed by atoms with E-state index in [0.29, 0.717) is 5.92 Å². The van der Waals surface area contributed by atoms with Crippen LogP contribution in [0.5, 0.6) is 0 Å². The lowest BCUT2D eigenvalue weighted by atomic mass is 9.94. The molecule has 0 radical (unpaired) electrons. The minimum absolute atomic E-state index is 0.0364. The molecular formula is C26H29NO. The fourth-order valence-corrected chi connectivity index (χ4v) is 3.48. The van der Waals surface area contributed by atoms with Crippen molar-refractivity contribution in [2.24, 2.45) is 5.92 Å². The van der Waals surface area contributed by atoms with E-state index < -0.39 is 0 Å². The molecule has 0 saturated carbocycles. The summed E-state index contributed by atoms with van der Waals surface area (Å²) in [6, 6.07) is 28.6. The molecule has 0 spiro atoms. The van der Waals surface area contributed by atoms with Gasteiger partial charge in [0.15, 0.2) is 0 Å². The molecule has 0 aliphatic heterocycles. The summed E-state index contributed by atoms with van der Waals surface area (Å²) in [4.78, 5) is 13.1. The highest BCUT2D eigenvalue weighted by Crippen LogP contribution is 2.24. The molecule has 3 aromatic carbocycles. The minimum Gasteiger partial charge on any atom is -0.345 e. The Labute approximate surface area is 168 Å². The summed E-state index contributed by atoms with van der Waals surface area (Å²) in [6.45, 7) is 6.41. The van der Waals surface area contributed by atoms with Crippen molar-refractivity contribution in [1.82, 2.24) is 5.32 Å². The second kappa shape index (κ2) is 9.36. The van der Waals surface area contributed by atoms with Crippen LogP contribution >= 0.6 is 0 Å². The van der Waals surface area contributed by atoms with E-state index in [1.165, 1.54) is 5.56 Å². The molecule has 0 fully saturated rings. The maximum Gasteiger partial charge on any atom is 0.228 e. The Morgan fingerprint density at radius 3 is 1.68 bits per heavy atom. The largest absolute Gasteiger partial charge is 0.345 e. The highest BCUT2D eigenvalue weighted by Gasteiger charge is 2.21. The second-order valence-electron chi connectivity index (χ2n) is 7.82. The molecule has 1 N–H and O–H groups in total. The Balaban J connectivity index is 1.78. The van der Waals surface area contributed by atoms with Gasteiger partial charge in [-0.2, -0.15) is 0 Å². The molecule has 1 atom stereocenters. The van der Waals surface area contributed by atoms with Crippen LogP contribution in [0.25, 0.3) is 0 Å². The van der Waals surface area contributed by atoms with Gasteiger partial charge in [0.05, 0.1) is 12.0 Å². The van der Waals surface area contributed by atoms with Gasteiger partial charge in [-0.15, -0.1) is 0 Å². The number of hydrogen-bond donors (Lipinski definition) is 1. The number of carbonyl (C=O) groups excluding carboxylic acids is 1. The van der Waals surface area contributed by atoms with Gasteiger partial charge in [-0.3, -0.25) is 4.79 Å². The maximum atomic E-state index is 13.1. The van der Waals surface area contributed by atoms with Crippen LogP contribution in [0.15, 0.2) is 84.9 Å². The van der Waals surface area contributed by atoms with Crippen molar-refractivity contribution in [2.45, 2.75) is 39.2 Å². The molecule has 3 rings (SSSR count). The van der Waals surface area contributed by atoms with Crippen molar-refractivity contribution in [1.29, 1.82) is 0 Å². The summed E-state index contributed by atoms with van der Waals surface area (Å²) in [7, 11) is 0. The first-order chi connectivity index (χ1) is 13.5. The van der Waals surface area contributed by atoms with Crippen LogP contribution in [0.3, 0.4) is 0 Å². The van der Waals surface area contributed by atoms with Crippen LogP contribution in [-0.4, -0.2) is 5.91 Å². The third kappa shape index (κ3) is 5.10. The topological polar surface area (TPSA) is 29.1 Å². The van der Waals surface area contributed by atoms with Crippen molar-refractivity contribution in [3.63, 3.8) is 0 Å². The SMILES string of the molecule is CC(C)Cc1ccc(C(C)C(=O)NC(c2ccccc2)c2ccccc2)cc1. The molecular weight excluding hydrogens is 342 g/mol. The summed E-state index contributed by atoms with van der Waals surface area (Å²) in [5.41, 5.74) is 4.53. The molecule has 0 bridgehead atoms.